The quantitative estimate of drug-likeness (QED) is 0.244. The van der Waals surface area contributed by atoms with Crippen LogP contribution in [0.3, 0.4) is 0 Å². The first-order valence-corrected chi connectivity index (χ1v) is 13.5. The van der Waals surface area contributed by atoms with Crippen LogP contribution in [-0.4, -0.2) is 35.6 Å². The number of anilines is 1. The molecule has 0 aliphatic carbocycles. The Kier molecular flexibility index (Phi) is 7.89. The number of ether oxygens (including phenoxy) is 2. The van der Waals surface area contributed by atoms with E-state index in [1.165, 1.54) is 0 Å². The Morgan fingerprint density at radius 3 is 2.52 bits per heavy atom. The average Bonchev–Trinajstić information content (AvgIpc) is 3.21. The van der Waals surface area contributed by atoms with Crippen molar-refractivity contribution in [1.82, 2.24) is 4.90 Å². The summed E-state index contributed by atoms with van der Waals surface area (Å²) < 4.78 is 11.6. The number of thioether (sulfide) groups is 1. The van der Waals surface area contributed by atoms with Crippen LogP contribution >= 0.6 is 11.8 Å². The van der Waals surface area contributed by atoms with Gasteiger partial charge in [-0.15, -0.1) is 0 Å². The lowest BCUT2D eigenvalue weighted by molar-refractivity contribution is -0.127. The van der Waals surface area contributed by atoms with E-state index in [2.05, 4.69) is 23.5 Å². The van der Waals surface area contributed by atoms with Crippen molar-refractivity contribution >= 4 is 51.4 Å². The molecule has 1 aliphatic heterocycles. The molecule has 1 N–H and O–H groups in total. The number of benzene rings is 4. The fraction of sp³-hybridized carbons (Fsp3) is 0.156. The number of carbonyl (C=O) groups is 3. The zero-order valence-electron chi connectivity index (χ0n) is 22.4. The van der Waals surface area contributed by atoms with Crippen molar-refractivity contribution in [2.45, 2.75) is 20.5 Å². The van der Waals surface area contributed by atoms with Gasteiger partial charge in [0.05, 0.1) is 12.0 Å². The van der Waals surface area contributed by atoms with Crippen LogP contribution in [0.1, 0.15) is 22.3 Å². The number of carbonyl (C=O) groups excluding carboxylic acids is 3. The normalized spacial score (nSPS) is 14.2. The highest BCUT2D eigenvalue weighted by atomic mass is 32.2. The fourth-order valence-electron chi connectivity index (χ4n) is 4.42. The fourth-order valence-corrected chi connectivity index (χ4v) is 5.26. The molecule has 1 fully saturated rings. The predicted molar refractivity (Wildman–Crippen MR) is 158 cm³/mol. The highest BCUT2D eigenvalue weighted by Gasteiger charge is 2.36. The number of fused-ring (bicyclic) bond motifs is 1. The maximum Gasteiger partial charge on any atom is 0.294 e. The van der Waals surface area contributed by atoms with Gasteiger partial charge in [-0.05, 0) is 89.0 Å². The molecule has 7 nitrogen and oxygen atoms in total. The maximum atomic E-state index is 13.0. The minimum Gasteiger partial charge on any atom is -0.493 e. The Labute approximate surface area is 236 Å². The second-order valence-electron chi connectivity index (χ2n) is 9.45. The van der Waals surface area contributed by atoms with Crippen molar-refractivity contribution in [3.63, 3.8) is 0 Å². The molecule has 4 aromatic carbocycles. The van der Waals surface area contributed by atoms with Crippen molar-refractivity contribution in [3.05, 3.63) is 106 Å². The molecule has 0 unspecified atom stereocenters. The van der Waals surface area contributed by atoms with Crippen LogP contribution in [0.4, 0.5) is 10.5 Å². The molecule has 8 heteroatoms. The van der Waals surface area contributed by atoms with Crippen LogP contribution in [0.25, 0.3) is 16.8 Å². The molecule has 0 aromatic heterocycles. The molecule has 202 valence electrons. The Hall–Kier alpha value is -4.56. The Bertz CT molecular complexity index is 1660. The largest absolute Gasteiger partial charge is 0.493 e. The van der Waals surface area contributed by atoms with E-state index >= 15 is 0 Å². The van der Waals surface area contributed by atoms with E-state index in [1.54, 1.807) is 37.5 Å². The van der Waals surface area contributed by atoms with Crippen molar-refractivity contribution < 1.29 is 23.9 Å². The molecule has 4 aromatic rings. The van der Waals surface area contributed by atoms with Gasteiger partial charge in [0.25, 0.3) is 11.1 Å². The molecule has 0 bridgehead atoms. The van der Waals surface area contributed by atoms with E-state index < -0.39 is 17.1 Å². The lowest BCUT2D eigenvalue weighted by Crippen LogP contribution is -2.36. The molecular formula is C32H28N2O5S. The molecule has 1 saturated heterocycles. The summed E-state index contributed by atoms with van der Waals surface area (Å²) in [5.41, 5.74) is 4.48. The third-order valence-electron chi connectivity index (χ3n) is 6.71. The highest BCUT2D eigenvalue weighted by Crippen LogP contribution is 2.35. The van der Waals surface area contributed by atoms with Crippen LogP contribution in [0, 0.1) is 13.8 Å². The third-order valence-corrected chi connectivity index (χ3v) is 7.62. The summed E-state index contributed by atoms with van der Waals surface area (Å²) in [7, 11) is 1.55. The monoisotopic (exact) mass is 552 g/mol. The number of aryl methyl sites for hydroxylation is 2. The summed E-state index contributed by atoms with van der Waals surface area (Å²) in [5.74, 6) is 0.103. The van der Waals surface area contributed by atoms with Gasteiger partial charge in [0, 0.05) is 5.69 Å². The average molecular weight is 553 g/mol. The second kappa shape index (κ2) is 11.7. The van der Waals surface area contributed by atoms with Gasteiger partial charge in [0.2, 0.25) is 5.91 Å². The van der Waals surface area contributed by atoms with Gasteiger partial charge >= 0.3 is 0 Å². The number of amides is 3. The van der Waals surface area contributed by atoms with Crippen LogP contribution in [0.5, 0.6) is 11.5 Å². The van der Waals surface area contributed by atoms with E-state index in [1.807, 2.05) is 50.2 Å². The number of hydrogen-bond donors (Lipinski definition) is 1. The minimum absolute atomic E-state index is 0.232. The van der Waals surface area contributed by atoms with E-state index in [0.717, 1.165) is 44.1 Å². The second-order valence-corrected chi connectivity index (χ2v) is 10.4. The maximum absolute atomic E-state index is 13.0. The molecule has 1 heterocycles. The first kappa shape index (κ1) is 27.0. The van der Waals surface area contributed by atoms with Crippen LogP contribution < -0.4 is 14.8 Å². The number of hydrogen-bond acceptors (Lipinski definition) is 6. The molecule has 0 atom stereocenters. The van der Waals surface area contributed by atoms with Crippen LogP contribution in [-0.2, 0) is 16.2 Å². The van der Waals surface area contributed by atoms with E-state index in [0.29, 0.717) is 29.4 Å². The molecule has 1 aliphatic rings. The SMILES string of the molecule is COc1cc(/C=C2/SC(=O)N(CC(=O)Nc3ccc(C)c(C)c3)C2=O)ccc1OCc1cccc2ccccc12. The van der Waals surface area contributed by atoms with Crippen molar-refractivity contribution in [3.8, 4) is 11.5 Å². The Morgan fingerprint density at radius 1 is 0.925 bits per heavy atom. The van der Waals surface area contributed by atoms with Gasteiger partial charge in [-0.1, -0.05) is 54.6 Å². The number of nitrogens with one attached hydrogen (secondary N) is 1. The van der Waals surface area contributed by atoms with E-state index in [9.17, 15) is 14.4 Å². The standard InChI is InChI=1S/C32H28N2O5S/c1-20-11-13-25(15-21(20)2)33-30(35)18-34-31(36)29(40-32(34)37)17-22-12-14-27(28(16-22)38-3)39-19-24-9-6-8-23-7-4-5-10-26(23)24/h4-17H,18-19H2,1-3H3,(H,33,35)/b29-17+. The summed E-state index contributed by atoms with van der Waals surface area (Å²) in [6, 6.07) is 25.1. The van der Waals surface area contributed by atoms with Crippen LogP contribution in [0.15, 0.2) is 83.8 Å². The van der Waals surface area contributed by atoms with Gasteiger partial charge in [-0.3, -0.25) is 19.3 Å². The highest BCUT2D eigenvalue weighted by molar-refractivity contribution is 8.18. The van der Waals surface area contributed by atoms with Gasteiger partial charge < -0.3 is 14.8 Å². The number of rotatable bonds is 8. The van der Waals surface area contributed by atoms with Gasteiger partial charge in [-0.2, -0.15) is 0 Å². The van der Waals surface area contributed by atoms with Crippen molar-refractivity contribution in [2.24, 2.45) is 0 Å². The molecule has 0 radical (unpaired) electrons. The predicted octanol–water partition coefficient (Wildman–Crippen LogP) is 6.72. The molecular weight excluding hydrogens is 524 g/mol. The van der Waals surface area contributed by atoms with E-state index in [4.69, 9.17) is 9.47 Å². The minimum atomic E-state index is -0.513. The summed E-state index contributed by atoms with van der Waals surface area (Å²) in [5, 5.41) is 4.53. The third kappa shape index (κ3) is 5.87. The number of imide groups is 1. The first-order valence-electron chi connectivity index (χ1n) is 12.7. The first-order chi connectivity index (χ1) is 19.3. The van der Waals surface area contributed by atoms with Crippen molar-refractivity contribution in [1.29, 1.82) is 0 Å². The summed E-state index contributed by atoms with van der Waals surface area (Å²) in [4.78, 5) is 39.3. The lowest BCUT2D eigenvalue weighted by Gasteiger charge is -2.13. The van der Waals surface area contributed by atoms with Gasteiger partial charge in [-0.25, -0.2) is 0 Å². The van der Waals surface area contributed by atoms with Gasteiger partial charge in [0.15, 0.2) is 11.5 Å². The molecule has 0 saturated carbocycles. The molecule has 40 heavy (non-hydrogen) atoms. The van der Waals surface area contributed by atoms with Crippen molar-refractivity contribution in [2.75, 3.05) is 19.0 Å². The molecule has 5 rings (SSSR count). The Morgan fingerprint density at radius 2 is 1.73 bits per heavy atom. The molecule has 0 spiro atoms. The number of methoxy groups -OCH3 is 1. The summed E-state index contributed by atoms with van der Waals surface area (Å²) >= 11 is 0.802. The smallest absolute Gasteiger partial charge is 0.294 e. The zero-order chi connectivity index (χ0) is 28.2. The zero-order valence-corrected chi connectivity index (χ0v) is 23.2. The summed E-state index contributed by atoms with van der Waals surface area (Å²) in [6.07, 6.45) is 1.61. The Balaban J connectivity index is 1.26. The van der Waals surface area contributed by atoms with Gasteiger partial charge in [0.1, 0.15) is 13.2 Å². The lowest BCUT2D eigenvalue weighted by atomic mass is 10.1. The van der Waals surface area contributed by atoms with Crippen LogP contribution in [0.2, 0.25) is 0 Å². The van der Waals surface area contributed by atoms with E-state index in [-0.39, 0.29) is 11.4 Å². The number of nitrogens with zero attached hydrogens (tertiary/aromatic N) is 1. The summed E-state index contributed by atoms with van der Waals surface area (Å²) in [6.45, 7) is 3.93. The topological polar surface area (TPSA) is 84.9 Å². The molecule has 3 amide bonds.